The van der Waals surface area contributed by atoms with Crippen LogP contribution in [0.15, 0.2) is 23.4 Å². The van der Waals surface area contributed by atoms with E-state index in [1.807, 2.05) is 7.05 Å². The van der Waals surface area contributed by atoms with E-state index in [4.69, 9.17) is 11.6 Å². The summed E-state index contributed by atoms with van der Waals surface area (Å²) in [5, 5.41) is 3.41. The van der Waals surface area contributed by atoms with Gasteiger partial charge in [-0.1, -0.05) is 11.6 Å². The minimum absolute atomic E-state index is 0. The molecule has 108 valence electrons. The highest BCUT2D eigenvalue weighted by Gasteiger charge is 2.32. The monoisotopic (exact) mass is 325 g/mol. The van der Waals surface area contributed by atoms with Crippen molar-refractivity contribution in [2.75, 3.05) is 26.7 Å². The lowest BCUT2D eigenvalue weighted by atomic mass is 10.1. The van der Waals surface area contributed by atoms with Gasteiger partial charge in [-0.05, 0) is 32.0 Å². The van der Waals surface area contributed by atoms with Gasteiger partial charge in [0.2, 0.25) is 10.0 Å². The highest BCUT2D eigenvalue weighted by Crippen LogP contribution is 2.24. The van der Waals surface area contributed by atoms with Gasteiger partial charge in [-0.15, -0.1) is 12.4 Å². The van der Waals surface area contributed by atoms with Crippen LogP contribution in [0.4, 0.5) is 0 Å². The Morgan fingerprint density at radius 2 is 2.26 bits per heavy atom. The summed E-state index contributed by atoms with van der Waals surface area (Å²) in [6.45, 7) is 1.94. The fraction of sp³-hybridized carbons (Fsp3) is 0.545. The van der Waals surface area contributed by atoms with Crippen molar-refractivity contribution in [3.8, 4) is 0 Å². The zero-order chi connectivity index (χ0) is 13.2. The molecule has 8 heteroatoms. The van der Waals surface area contributed by atoms with Gasteiger partial charge < -0.3 is 5.32 Å². The molecule has 1 aromatic rings. The molecule has 1 fully saturated rings. The molecule has 0 aromatic carbocycles. The fourth-order valence-corrected chi connectivity index (χ4v) is 3.91. The molecular formula is C11H17Cl2N3O2S. The van der Waals surface area contributed by atoms with E-state index in [1.54, 1.807) is 0 Å². The van der Waals surface area contributed by atoms with E-state index in [2.05, 4.69) is 10.3 Å². The average molecular weight is 326 g/mol. The molecule has 1 unspecified atom stereocenters. The van der Waals surface area contributed by atoms with Gasteiger partial charge in [0.05, 0.1) is 5.02 Å². The van der Waals surface area contributed by atoms with E-state index in [-0.39, 0.29) is 17.3 Å². The molecular weight excluding hydrogens is 309 g/mol. The first-order chi connectivity index (χ1) is 8.54. The molecule has 2 rings (SSSR count). The number of nitrogens with one attached hydrogen (secondary N) is 1. The number of aromatic nitrogens is 1. The molecule has 1 atom stereocenters. The summed E-state index contributed by atoms with van der Waals surface area (Å²) in [5.41, 5.74) is 0. The van der Waals surface area contributed by atoms with Crippen molar-refractivity contribution < 1.29 is 8.42 Å². The van der Waals surface area contributed by atoms with E-state index >= 15 is 0 Å². The summed E-state index contributed by atoms with van der Waals surface area (Å²) in [6.07, 6.45) is 3.65. The zero-order valence-corrected chi connectivity index (χ0v) is 12.9. The first-order valence-electron chi connectivity index (χ1n) is 5.79. The van der Waals surface area contributed by atoms with Gasteiger partial charge in [-0.3, -0.25) is 4.98 Å². The smallest absolute Gasteiger partial charge is 0.244 e. The maximum absolute atomic E-state index is 12.3. The Labute approximate surface area is 124 Å². The summed E-state index contributed by atoms with van der Waals surface area (Å²) >= 11 is 5.78. The standard InChI is InChI=1S/C11H16ClN3O2S.ClH/c1-13-5-9-2-3-15(8-9)18(16,17)11-4-10(12)6-14-7-11;/h4,6-7,9,13H,2-3,5,8H2,1H3;1H. The minimum atomic E-state index is -3.45. The molecule has 19 heavy (non-hydrogen) atoms. The first kappa shape index (κ1) is 16.7. The van der Waals surface area contributed by atoms with E-state index in [0.29, 0.717) is 24.0 Å². The number of nitrogens with zero attached hydrogens (tertiary/aromatic N) is 2. The molecule has 1 N–H and O–H groups in total. The van der Waals surface area contributed by atoms with E-state index in [0.717, 1.165) is 13.0 Å². The van der Waals surface area contributed by atoms with Crippen molar-refractivity contribution in [1.29, 1.82) is 0 Å². The maximum atomic E-state index is 12.3. The molecule has 0 aliphatic carbocycles. The molecule has 2 heterocycles. The van der Waals surface area contributed by atoms with Crippen LogP contribution in [0.5, 0.6) is 0 Å². The second kappa shape index (κ2) is 6.85. The van der Waals surface area contributed by atoms with Gasteiger partial charge in [0.15, 0.2) is 0 Å². The van der Waals surface area contributed by atoms with Crippen LogP contribution in [0, 0.1) is 5.92 Å². The quantitative estimate of drug-likeness (QED) is 0.908. The van der Waals surface area contributed by atoms with Crippen LogP contribution in [0.1, 0.15) is 6.42 Å². The summed E-state index contributed by atoms with van der Waals surface area (Å²) < 4.78 is 26.2. The highest BCUT2D eigenvalue weighted by molar-refractivity contribution is 7.89. The summed E-state index contributed by atoms with van der Waals surface area (Å²) in [6, 6.07) is 1.44. The van der Waals surface area contributed by atoms with Gasteiger partial charge >= 0.3 is 0 Å². The van der Waals surface area contributed by atoms with Crippen molar-refractivity contribution >= 4 is 34.0 Å². The number of pyridine rings is 1. The lowest BCUT2D eigenvalue weighted by Crippen LogP contribution is -2.30. The predicted molar refractivity (Wildman–Crippen MR) is 77.3 cm³/mol. The second-order valence-electron chi connectivity index (χ2n) is 4.41. The van der Waals surface area contributed by atoms with Crippen LogP contribution >= 0.6 is 24.0 Å². The molecule has 0 saturated carbocycles. The summed E-state index contributed by atoms with van der Waals surface area (Å²) in [7, 11) is -1.58. The Morgan fingerprint density at radius 3 is 2.89 bits per heavy atom. The van der Waals surface area contributed by atoms with E-state index in [1.165, 1.54) is 22.8 Å². The van der Waals surface area contributed by atoms with Crippen LogP contribution < -0.4 is 5.32 Å². The lowest BCUT2D eigenvalue weighted by Gasteiger charge is -2.16. The van der Waals surface area contributed by atoms with Gasteiger partial charge in [-0.2, -0.15) is 4.31 Å². The number of hydrogen-bond donors (Lipinski definition) is 1. The van der Waals surface area contributed by atoms with Crippen molar-refractivity contribution in [3.05, 3.63) is 23.5 Å². The fourth-order valence-electron chi connectivity index (χ4n) is 2.15. The molecule has 1 aliphatic rings. The first-order valence-corrected chi connectivity index (χ1v) is 7.61. The van der Waals surface area contributed by atoms with Crippen molar-refractivity contribution in [1.82, 2.24) is 14.6 Å². The molecule has 1 aliphatic heterocycles. The number of halogens is 2. The average Bonchev–Trinajstić information content (AvgIpc) is 2.79. The number of rotatable bonds is 4. The molecule has 0 amide bonds. The van der Waals surface area contributed by atoms with Crippen LogP contribution in [0.3, 0.4) is 0 Å². The Kier molecular flexibility index (Phi) is 6.01. The van der Waals surface area contributed by atoms with Crippen LogP contribution in [0.25, 0.3) is 0 Å². The Bertz CT molecular complexity index is 524. The Hall–Kier alpha value is -0.400. The second-order valence-corrected chi connectivity index (χ2v) is 6.79. The third-order valence-electron chi connectivity index (χ3n) is 3.06. The van der Waals surface area contributed by atoms with Gasteiger partial charge in [0.25, 0.3) is 0 Å². The van der Waals surface area contributed by atoms with E-state index in [9.17, 15) is 8.42 Å². The van der Waals surface area contributed by atoms with E-state index < -0.39 is 10.0 Å². The van der Waals surface area contributed by atoms with Crippen LogP contribution in [-0.2, 0) is 10.0 Å². The maximum Gasteiger partial charge on any atom is 0.244 e. The van der Waals surface area contributed by atoms with Gasteiger partial charge in [-0.25, -0.2) is 8.42 Å². The minimum Gasteiger partial charge on any atom is -0.319 e. The zero-order valence-electron chi connectivity index (χ0n) is 10.5. The molecule has 5 nitrogen and oxygen atoms in total. The highest BCUT2D eigenvalue weighted by atomic mass is 35.5. The van der Waals surface area contributed by atoms with Crippen LogP contribution in [-0.4, -0.2) is 44.4 Å². The molecule has 1 aromatic heterocycles. The largest absolute Gasteiger partial charge is 0.319 e. The van der Waals surface area contributed by atoms with Crippen molar-refractivity contribution in [3.63, 3.8) is 0 Å². The van der Waals surface area contributed by atoms with Crippen LogP contribution in [0.2, 0.25) is 5.02 Å². The lowest BCUT2D eigenvalue weighted by molar-refractivity contribution is 0.451. The van der Waals surface area contributed by atoms with Crippen molar-refractivity contribution in [2.24, 2.45) is 5.92 Å². The van der Waals surface area contributed by atoms with Crippen molar-refractivity contribution in [2.45, 2.75) is 11.3 Å². The third-order valence-corrected chi connectivity index (χ3v) is 5.10. The normalized spacial score (nSPS) is 20.2. The molecule has 0 radical (unpaired) electrons. The predicted octanol–water partition coefficient (Wildman–Crippen LogP) is 1.39. The summed E-state index contributed by atoms with van der Waals surface area (Å²) in [4.78, 5) is 3.99. The number of sulfonamides is 1. The summed E-state index contributed by atoms with van der Waals surface area (Å²) in [5.74, 6) is 0.372. The molecule has 0 spiro atoms. The Balaban J connectivity index is 0.00000180. The molecule has 1 saturated heterocycles. The molecule has 0 bridgehead atoms. The Morgan fingerprint density at radius 1 is 1.53 bits per heavy atom. The third kappa shape index (κ3) is 3.79. The number of hydrogen-bond acceptors (Lipinski definition) is 4. The topological polar surface area (TPSA) is 62.3 Å². The van der Waals surface area contributed by atoms with Gasteiger partial charge in [0, 0.05) is 25.5 Å². The SMILES string of the molecule is CNCC1CCN(S(=O)(=O)c2cncc(Cl)c2)C1.Cl. The van der Waals surface area contributed by atoms with Gasteiger partial charge in [0.1, 0.15) is 4.90 Å².